The molecule has 0 saturated carbocycles. The Bertz CT molecular complexity index is 938. The molecule has 0 aliphatic rings. The van der Waals surface area contributed by atoms with Gasteiger partial charge in [0.05, 0.1) is 0 Å². The van der Waals surface area contributed by atoms with Crippen LogP contribution in [0.3, 0.4) is 0 Å². The lowest BCUT2D eigenvalue weighted by Crippen LogP contribution is -2.29. The summed E-state index contributed by atoms with van der Waals surface area (Å²) in [5.41, 5.74) is 6.49. The Morgan fingerprint density at radius 1 is 0.844 bits per heavy atom. The smallest absolute Gasteiger partial charge is 0.308 e. The molecule has 0 aromatic heterocycles. The van der Waals surface area contributed by atoms with Crippen LogP contribution in [0.4, 0.5) is 0 Å². The molecule has 0 bridgehead atoms. The zero-order valence-electron chi connectivity index (χ0n) is 22.0. The van der Waals surface area contributed by atoms with E-state index in [-0.39, 0.29) is 17.0 Å². The van der Waals surface area contributed by atoms with Gasteiger partial charge in [0, 0.05) is 12.3 Å². The number of hydrogen-bond donors (Lipinski definition) is 0. The van der Waals surface area contributed by atoms with Crippen LogP contribution in [0.5, 0.6) is 11.5 Å². The summed E-state index contributed by atoms with van der Waals surface area (Å²) in [5, 5.41) is 0. The fourth-order valence-electron chi connectivity index (χ4n) is 4.57. The van der Waals surface area contributed by atoms with Gasteiger partial charge in [-0.3, -0.25) is 4.79 Å². The molecule has 0 heterocycles. The van der Waals surface area contributed by atoms with E-state index < -0.39 is 0 Å². The number of esters is 1. The van der Waals surface area contributed by atoms with E-state index in [0.29, 0.717) is 11.7 Å². The summed E-state index contributed by atoms with van der Waals surface area (Å²) < 4.78 is 11.9. The zero-order chi connectivity index (χ0) is 24.4. The molecule has 0 radical (unpaired) electrons. The van der Waals surface area contributed by atoms with Gasteiger partial charge in [-0.2, -0.15) is 0 Å². The molecule has 0 saturated heterocycles. The lowest BCUT2D eigenvalue weighted by molar-refractivity contribution is -0.131. The summed E-state index contributed by atoms with van der Waals surface area (Å²) in [6, 6.07) is 8.95. The van der Waals surface area contributed by atoms with Crippen molar-refractivity contribution in [2.75, 3.05) is 0 Å². The van der Waals surface area contributed by atoms with E-state index in [4.69, 9.17) is 9.47 Å². The lowest BCUT2D eigenvalue weighted by Gasteiger charge is -2.35. The summed E-state index contributed by atoms with van der Waals surface area (Å²) >= 11 is 0. The molecule has 176 valence electrons. The van der Waals surface area contributed by atoms with Crippen LogP contribution in [0.2, 0.25) is 0 Å². The maximum atomic E-state index is 11.6. The Hall–Kier alpha value is -2.29. The van der Waals surface area contributed by atoms with Crippen LogP contribution < -0.4 is 9.47 Å². The van der Waals surface area contributed by atoms with Crippen LogP contribution in [0.1, 0.15) is 94.7 Å². The van der Waals surface area contributed by atoms with Crippen molar-refractivity contribution in [3.05, 3.63) is 57.6 Å². The molecule has 2 aromatic carbocycles. The number of carbonyl (C=O) groups excluding carboxylic acids is 1. The minimum absolute atomic E-state index is 0.174. The highest BCUT2D eigenvalue weighted by Gasteiger charge is 2.32. The van der Waals surface area contributed by atoms with Crippen LogP contribution in [0.15, 0.2) is 24.3 Å². The summed E-state index contributed by atoms with van der Waals surface area (Å²) in [6.07, 6.45) is 1.96. The van der Waals surface area contributed by atoms with Gasteiger partial charge >= 0.3 is 5.97 Å². The molecule has 0 N–H and O–H groups in total. The lowest BCUT2D eigenvalue weighted by atomic mass is 9.70. The van der Waals surface area contributed by atoms with E-state index in [1.54, 1.807) is 0 Å². The molecule has 3 heteroatoms. The monoisotopic (exact) mass is 438 g/mol. The van der Waals surface area contributed by atoms with Gasteiger partial charge in [-0.1, -0.05) is 52.0 Å². The van der Waals surface area contributed by atoms with Crippen molar-refractivity contribution in [3.63, 3.8) is 0 Å². The number of benzene rings is 2. The van der Waals surface area contributed by atoms with E-state index in [1.807, 2.05) is 13.8 Å². The first-order chi connectivity index (χ1) is 14.7. The Labute approximate surface area is 195 Å². The summed E-state index contributed by atoms with van der Waals surface area (Å²) in [7, 11) is 0. The SMILES string of the molecule is CCC(C)(C)Oc1c(C)cc(C(C)(CC(C)C)c2cc(C)c(OC(C)=O)c(C)c2)cc1C. The second-order valence-corrected chi connectivity index (χ2v) is 10.6. The van der Waals surface area contributed by atoms with Gasteiger partial charge in [-0.05, 0) is 93.7 Å². The zero-order valence-corrected chi connectivity index (χ0v) is 22.0. The van der Waals surface area contributed by atoms with Crippen molar-refractivity contribution in [2.45, 2.75) is 100 Å². The minimum atomic E-state index is -0.286. The molecule has 2 aromatic rings. The normalized spacial score (nSPS) is 13.8. The largest absolute Gasteiger partial charge is 0.487 e. The maximum absolute atomic E-state index is 11.6. The Kier molecular flexibility index (Phi) is 7.86. The molecule has 1 atom stereocenters. The molecule has 2 rings (SSSR count). The van der Waals surface area contributed by atoms with Crippen molar-refractivity contribution in [1.82, 2.24) is 0 Å². The molecule has 0 fully saturated rings. The Morgan fingerprint density at radius 3 is 1.59 bits per heavy atom. The van der Waals surface area contributed by atoms with Gasteiger partial charge in [0.15, 0.2) is 0 Å². The Balaban J connectivity index is 2.65. The van der Waals surface area contributed by atoms with E-state index in [9.17, 15) is 4.79 Å². The van der Waals surface area contributed by atoms with Gasteiger partial charge in [0.25, 0.3) is 0 Å². The summed E-state index contributed by atoms with van der Waals surface area (Å²) in [4.78, 5) is 11.6. The molecule has 0 spiro atoms. The predicted molar refractivity (Wildman–Crippen MR) is 134 cm³/mol. The van der Waals surface area contributed by atoms with Crippen LogP contribution >= 0.6 is 0 Å². The first-order valence-electron chi connectivity index (χ1n) is 11.8. The van der Waals surface area contributed by atoms with Crippen LogP contribution in [0, 0.1) is 33.6 Å². The van der Waals surface area contributed by atoms with Crippen LogP contribution in [-0.4, -0.2) is 11.6 Å². The average Bonchev–Trinajstić information content (AvgIpc) is 2.66. The van der Waals surface area contributed by atoms with Gasteiger partial charge < -0.3 is 9.47 Å². The molecule has 3 nitrogen and oxygen atoms in total. The van der Waals surface area contributed by atoms with E-state index >= 15 is 0 Å². The fourth-order valence-corrected chi connectivity index (χ4v) is 4.57. The number of ether oxygens (including phenoxy) is 2. The standard InChI is InChI=1S/C29H42O3/c1-12-28(9,10)32-27-21(6)15-25(16-22(27)7)29(11,17-18(2)3)24-13-19(4)26(20(5)14-24)31-23(8)30/h13-16,18H,12,17H2,1-11H3. The third kappa shape index (κ3) is 5.74. The van der Waals surface area contributed by atoms with Crippen molar-refractivity contribution >= 4 is 5.97 Å². The fraction of sp³-hybridized carbons (Fsp3) is 0.552. The van der Waals surface area contributed by atoms with E-state index in [2.05, 4.69) is 79.7 Å². The third-order valence-electron chi connectivity index (χ3n) is 6.49. The van der Waals surface area contributed by atoms with Gasteiger partial charge in [0.2, 0.25) is 0 Å². The summed E-state index contributed by atoms with van der Waals surface area (Å²) in [5.74, 6) is 1.89. The van der Waals surface area contributed by atoms with Gasteiger partial charge in [-0.15, -0.1) is 0 Å². The quantitative estimate of drug-likeness (QED) is 0.312. The molecular weight excluding hydrogens is 396 g/mol. The van der Waals surface area contributed by atoms with Crippen molar-refractivity contribution < 1.29 is 14.3 Å². The second kappa shape index (κ2) is 9.68. The van der Waals surface area contributed by atoms with Gasteiger partial charge in [-0.25, -0.2) is 0 Å². The Morgan fingerprint density at radius 2 is 1.25 bits per heavy atom. The molecule has 0 aliphatic heterocycles. The third-order valence-corrected chi connectivity index (χ3v) is 6.49. The molecular formula is C29H42O3. The van der Waals surface area contributed by atoms with Crippen LogP contribution in [0.25, 0.3) is 0 Å². The first kappa shape index (κ1) is 26.0. The molecule has 0 amide bonds. The van der Waals surface area contributed by atoms with E-state index in [0.717, 1.165) is 29.7 Å². The highest BCUT2D eigenvalue weighted by atomic mass is 16.5. The number of carbonyl (C=O) groups is 1. The minimum Gasteiger partial charge on any atom is -0.487 e. The molecule has 1 unspecified atom stereocenters. The maximum Gasteiger partial charge on any atom is 0.308 e. The van der Waals surface area contributed by atoms with Crippen molar-refractivity contribution in [1.29, 1.82) is 0 Å². The molecule has 32 heavy (non-hydrogen) atoms. The number of hydrogen-bond acceptors (Lipinski definition) is 3. The predicted octanol–water partition coefficient (Wildman–Crippen LogP) is 7.77. The summed E-state index contributed by atoms with van der Waals surface area (Å²) in [6.45, 7) is 23.1. The highest BCUT2D eigenvalue weighted by Crippen LogP contribution is 2.43. The average molecular weight is 439 g/mol. The number of aryl methyl sites for hydroxylation is 4. The molecule has 0 aliphatic carbocycles. The van der Waals surface area contributed by atoms with E-state index in [1.165, 1.54) is 29.2 Å². The van der Waals surface area contributed by atoms with Crippen molar-refractivity contribution in [3.8, 4) is 11.5 Å². The second-order valence-electron chi connectivity index (χ2n) is 10.6. The highest BCUT2D eigenvalue weighted by molar-refractivity contribution is 5.70. The topological polar surface area (TPSA) is 35.5 Å². The van der Waals surface area contributed by atoms with Crippen molar-refractivity contribution in [2.24, 2.45) is 5.92 Å². The van der Waals surface area contributed by atoms with Crippen LogP contribution in [-0.2, 0) is 10.2 Å². The first-order valence-corrected chi connectivity index (χ1v) is 11.8. The van der Waals surface area contributed by atoms with Gasteiger partial charge in [0.1, 0.15) is 17.1 Å². The number of rotatable bonds is 8.